The maximum Gasteiger partial charge on any atom is 0.416 e. The lowest BCUT2D eigenvalue weighted by Crippen LogP contribution is -2.62. The normalized spacial score (nSPS) is 20.4. The summed E-state index contributed by atoms with van der Waals surface area (Å²) in [5.41, 5.74) is 0.154. The van der Waals surface area contributed by atoms with Crippen LogP contribution in [-0.2, 0) is 25.8 Å². The van der Waals surface area contributed by atoms with E-state index in [4.69, 9.17) is 9.84 Å². The summed E-state index contributed by atoms with van der Waals surface area (Å²) in [5, 5.41) is 14.2. The molecule has 3 amide bonds. The van der Waals surface area contributed by atoms with E-state index >= 15 is 0 Å². The van der Waals surface area contributed by atoms with Crippen LogP contribution in [0.4, 0.5) is 23.7 Å². The number of halogens is 3. The molecule has 0 bridgehead atoms. The fourth-order valence-corrected chi connectivity index (χ4v) is 7.12. The van der Waals surface area contributed by atoms with Gasteiger partial charge in [-0.2, -0.15) is 17.5 Å². The van der Waals surface area contributed by atoms with Gasteiger partial charge >= 0.3 is 18.2 Å². The number of carboxylic acid groups (broad SMARTS) is 1. The highest BCUT2D eigenvalue weighted by atomic mass is 32.2. The molecular formula is C32H37F3N4O7S. The van der Waals surface area contributed by atoms with Gasteiger partial charge in [0.15, 0.2) is 6.61 Å². The molecule has 4 rings (SSSR count). The standard InChI is InChI=1S/C32H37F3N4O7S/c1-20(2)27-13-4-22(16-21(27)3)17-36-30(42)28-18-38(31(43)37-24-7-9-25(10-8-24)46-19-29(40)41)14-15-39(28)47(44,45)26-11-5-23(6-12-26)32(33,34)35/h4-13,16,20-21,27-28H,14-15,17-19H2,1-3H3,(H,36,42)(H,37,43)(H,40,41)/t21?,27?,28-/m1/s1. The van der Waals surface area contributed by atoms with Gasteiger partial charge in [0.2, 0.25) is 15.9 Å². The van der Waals surface area contributed by atoms with Crippen LogP contribution in [0.2, 0.25) is 0 Å². The van der Waals surface area contributed by atoms with Gasteiger partial charge in [0, 0.05) is 31.9 Å². The van der Waals surface area contributed by atoms with Gasteiger partial charge in [-0.1, -0.05) is 39.0 Å². The zero-order valence-corrected chi connectivity index (χ0v) is 26.8. The summed E-state index contributed by atoms with van der Waals surface area (Å²) in [6, 6.07) is 6.91. The third kappa shape index (κ3) is 8.92. The average molecular weight is 679 g/mol. The predicted molar refractivity (Wildman–Crippen MR) is 167 cm³/mol. The molecule has 1 saturated heterocycles. The smallest absolute Gasteiger partial charge is 0.416 e. The highest BCUT2D eigenvalue weighted by Crippen LogP contribution is 2.31. The van der Waals surface area contributed by atoms with E-state index in [2.05, 4.69) is 37.5 Å². The van der Waals surface area contributed by atoms with Crippen molar-refractivity contribution in [1.82, 2.24) is 14.5 Å². The molecule has 11 nitrogen and oxygen atoms in total. The number of piperazine rings is 1. The number of amides is 3. The van der Waals surface area contributed by atoms with E-state index in [0.29, 0.717) is 29.7 Å². The van der Waals surface area contributed by atoms with Crippen molar-refractivity contribution >= 4 is 33.6 Å². The number of urea groups is 1. The minimum atomic E-state index is -4.66. The molecule has 1 fully saturated rings. The molecule has 0 spiro atoms. The molecular weight excluding hydrogens is 641 g/mol. The highest BCUT2D eigenvalue weighted by Gasteiger charge is 2.42. The van der Waals surface area contributed by atoms with Crippen LogP contribution in [0.1, 0.15) is 26.3 Å². The Kier molecular flexibility index (Phi) is 11.0. The third-order valence-electron chi connectivity index (χ3n) is 8.03. The van der Waals surface area contributed by atoms with Crippen LogP contribution in [-0.4, -0.2) is 79.5 Å². The number of aliphatic carboxylic acids is 1. The molecule has 1 aliphatic heterocycles. The summed E-state index contributed by atoms with van der Waals surface area (Å²) in [7, 11) is -4.45. The first kappa shape index (κ1) is 35.5. The molecule has 2 aromatic rings. The molecule has 0 radical (unpaired) electrons. The lowest BCUT2D eigenvalue weighted by atomic mass is 9.80. The molecule has 3 atom stereocenters. The maximum atomic E-state index is 13.7. The summed E-state index contributed by atoms with van der Waals surface area (Å²) < 4.78 is 72.7. The van der Waals surface area contributed by atoms with Gasteiger partial charge < -0.3 is 25.4 Å². The van der Waals surface area contributed by atoms with Gasteiger partial charge in [0.25, 0.3) is 0 Å². The Hall–Kier alpha value is -4.37. The minimum absolute atomic E-state index is 0.109. The molecule has 1 aliphatic carbocycles. The number of nitrogens with zero attached hydrogens (tertiary/aromatic N) is 2. The molecule has 0 saturated carbocycles. The zero-order valence-electron chi connectivity index (χ0n) is 26.0. The molecule has 1 heterocycles. The summed E-state index contributed by atoms with van der Waals surface area (Å²) in [5.74, 6) is -0.596. The van der Waals surface area contributed by atoms with E-state index in [-0.39, 0.29) is 37.8 Å². The molecule has 0 aromatic heterocycles. The van der Waals surface area contributed by atoms with E-state index in [1.165, 1.54) is 29.2 Å². The average Bonchev–Trinajstić information content (AvgIpc) is 3.02. The Labute approximate surface area is 271 Å². The molecule has 254 valence electrons. The van der Waals surface area contributed by atoms with Gasteiger partial charge in [0.05, 0.1) is 10.5 Å². The largest absolute Gasteiger partial charge is 0.482 e. The third-order valence-corrected chi connectivity index (χ3v) is 9.95. The number of carboxylic acids is 1. The van der Waals surface area contributed by atoms with Crippen LogP contribution >= 0.6 is 0 Å². The topological polar surface area (TPSA) is 145 Å². The van der Waals surface area contributed by atoms with Gasteiger partial charge in [0.1, 0.15) is 11.8 Å². The Morgan fingerprint density at radius 1 is 1.04 bits per heavy atom. The van der Waals surface area contributed by atoms with Gasteiger partial charge in [-0.25, -0.2) is 18.0 Å². The second kappa shape index (κ2) is 14.6. The van der Waals surface area contributed by atoms with Crippen molar-refractivity contribution in [3.8, 4) is 5.75 Å². The number of nitrogens with one attached hydrogen (secondary N) is 2. The summed E-state index contributed by atoms with van der Waals surface area (Å²) >= 11 is 0. The van der Waals surface area contributed by atoms with Crippen molar-refractivity contribution in [2.75, 3.05) is 38.1 Å². The van der Waals surface area contributed by atoms with Crippen molar-refractivity contribution in [3.63, 3.8) is 0 Å². The van der Waals surface area contributed by atoms with Gasteiger partial charge in [-0.05, 0) is 71.9 Å². The number of sulfonamides is 1. The predicted octanol–water partition coefficient (Wildman–Crippen LogP) is 4.60. The number of rotatable bonds is 10. The van der Waals surface area contributed by atoms with Crippen molar-refractivity contribution in [1.29, 1.82) is 0 Å². The Balaban J connectivity index is 1.52. The number of hydrogen-bond donors (Lipinski definition) is 3. The fraction of sp³-hybridized carbons (Fsp3) is 0.406. The van der Waals surface area contributed by atoms with Crippen molar-refractivity contribution in [2.24, 2.45) is 17.8 Å². The Morgan fingerprint density at radius 2 is 1.70 bits per heavy atom. The second-order valence-corrected chi connectivity index (χ2v) is 13.6. The van der Waals surface area contributed by atoms with Gasteiger partial charge in [-0.3, -0.25) is 4.79 Å². The number of ether oxygens (including phenoxy) is 1. The first-order chi connectivity index (χ1) is 22.1. The molecule has 15 heteroatoms. The van der Waals surface area contributed by atoms with Crippen molar-refractivity contribution < 1.29 is 45.8 Å². The monoisotopic (exact) mass is 678 g/mol. The van der Waals surface area contributed by atoms with Crippen LogP contribution in [0.25, 0.3) is 0 Å². The quantitative estimate of drug-likeness (QED) is 0.333. The SMILES string of the molecule is CC(C)C1C=CC(CNC(=O)[C@H]2CN(C(=O)Nc3ccc(OCC(=O)O)cc3)CCN2S(=O)(=O)c2ccc(C(F)(F)F)cc2)=CC1C. The van der Waals surface area contributed by atoms with Crippen LogP contribution in [0.3, 0.4) is 0 Å². The molecule has 2 unspecified atom stereocenters. The Bertz CT molecular complexity index is 1630. The van der Waals surface area contributed by atoms with Crippen LogP contribution in [0, 0.1) is 17.8 Å². The second-order valence-electron chi connectivity index (χ2n) is 11.7. The van der Waals surface area contributed by atoms with Crippen LogP contribution in [0.5, 0.6) is 5.75 Å². The lowest BCUT2D eigenvalue weighted by Gasteiger charge is -2.39. The summed E-state index contributed by atoms with van der Waals surface area (Å²) in [6.07, 6.45) is 1.38. The van der Waals surface area contributed by atoms with E-state index in [9.17, 15) is 36.0 Å². The molecule has 2 aromatic carbocycles. The Morgan fingerprint density at radius 3 is 2.28 bits per heavy atom. The maximum absolute atomic E-state index is 13.7. The molecule has 3 N–H and O–H groups in total. The number of anilines is 1. The van der Waals surface area contributed by atoms with E-state index in [0.717, 1.165) is 22.0 Å². The molecule has 2 aliphatic rings. The number of hydrogen-bond acceptors (Lipinski definition) is 6. The van der Waals surface area contributed by atoms with Crippen LogP contribution < -0.4 is 15.4 Å². The number of carbonyl (C=O) groups is 3. The number of alkyl halides is 3. The van der Waals surface area contributed by atoms with E-state index in [1.807, 2.05) is 12.2 Å². The highest BCUT2D eigenvalue weighted by molar-refractivity contribution is 7.89. The van der Waals surface area contributed by atoms with E-state index in [1.54, 1.807) is 0 Å². The van der Waals surface area contributed by atoms with Crippen molar-refractivity contribution in [2.45, 2.75) is 37.9 Å². The lowest BCUT2D eigenvalue weighted by molar-refractivity contribution is -0.139. The molecule has 47 heavy (non-hydrogen) atoms. The van der Waals surface area contributed by atoms with E-state index < -0.39 is 57.2 Å². The summed E-state index contributed by atoms with van der Waals surface area (Å²) in [4.78, 5) is 38.4. The number of allylic oxidation sites excluding steroid dienone is 2. The van der Waals surface area contributed by atoms with Gasteiger partial charge in [-0.15, -0.1) is 0 Å². The fourth-order valence-electron chi connectivity index (χ4n) is 5.55. The van der Waals surface area contributed by atoms with Crippen molar-refractivity contribution in [3.05, 3.63) is 77.9 Å². The number of benzene rings is 2. The van der Waals surface area contributed by atoms with Crippen LogP contribution in [0.15, 0.2) is 77.2 Å². The first-order valence-corrected chi connectivity index (χ1v) is 16.4. The zero-order chi connectivity index (χ0) is 34.5. The minimum Gasteiger partial charge on any atom is -0.482 e. The first-order valence-electron chi connectivity index (χ1n) is 14.9. The number of carbonyl (C=O) groups excluding carboxylic acids is 2. The summed E-state index contributed by atoms with van der Waals surface area (Å²) in [6.45, 7) is 5.13.